The number of nitrogens with zero attached hydrogens (tertiary/aromatic N) is 1. The summed E-state index contributed by atoms with van der Waals surface area (Å²) in [6, 6.07) is 13.0. The largest absolute Gasteiger partial charge is 0.464 e. The lowest BCUT2D eigenvalue weighted by Gasteiger charge is -1.99. The average molecular weight is 194 g/mol. The standard InChI is InChI=1S/C13H8NO/c1-2-12(10-3-6-14-7-4-10)9-13-11(1)5-8-15-13/h2-9H. The molecule has 0 aliphatic rings. The molecule has 0 N–H and O–H groups in total. The normalized spacial score (nSPS) is 10.7. The predicted octanol–water partition coefficient (Wildman–Crippen LogP) is 3.29. The Balaban J connectivity index is 2.19. The van der Waals surface area contributed by atoms with Gasteiger partial charge in [-0.05, 0) is 47.5 Å². The minimum atomic E-state index is 0.865. The van der Waals surface area contributed by atoms with Crippen LogP contribution >= 0.6 is 0 Å². The summed E-state index contributed by atoms with van der Waals surface area (Å²) >= 11 is 0. The van der Waals surface area contributed by atoms with E-state index in [4.69, 9.17) is 4.42 Å². The minimum Gasteiger partial charge on any atom is -0.464 e. The van der Waals surface area contributed by atoms with E-state index in [1.165, 1.54) is 0 Å². The third kappa shape index (κ3) is 1.40. The van der Waals surface area contributed by atoms with Crippen molar-refractivity contribution in [1.29, 1.82) is 0 Å². The van der Waals surface area contributed by atoms with E-state index in [0.29, 0.717) is 0 Å². The quantitative estimate of drug-likeness (QED) is 0.594. The second-order valence-electron chi connectivity index (χ2n) is 3.32. The molecule has 1 radical (unpaired) electrons. The molecule has 0 spiro atoms. The zero-order valence-corrected chi connectivity index (χ0v) is 7.97. The van der Waals surface area contributed by atoms with Crippen molar-refractivity contribution in [3.8, 4) is 11.1 Å². The van der Waals surface area contributed by atoms with Crippen LogP contribution in [0, 0.1) is 6.07 Å². The van der Waals surface area contributed by atoms with Gasteiger partial charge in [-0.2, -0.15) is 0 Å². The SMILES string of the molecule is [c]1cc(-c2ccncc2)cc2occc12. The fraction of sp³-hybridized carbons (Fsp3) is 0. The number of hydrogen-bond donors (Lipinski definition) is 0. The molecule has 0 aliphatic carbocycles. The van der Waals surface area contributed by atoms with Crippen LogP contribution in [0.4, 0.5) is 0 Å². The number of aromatic nitrogens is 1. The summed E-state index contributed by atoms with van der Waals surface area (Å²) in [6.45, 7) is 0. The Kier molecular flexibility index (Phi) is 1.78. The molecule has 0 bridgehead atoms. The molecule has 0 unspecified atom stereocenters. The van der Waals surface area contributed by atoms with Gasteiger partial charge in [0.15, 0.2) is 0 Å². The van der Waals surface area contributed by atoms with E-state index < -0.39 is 0 Å². The lowest BCUT2D eigenvalue weighted by Crippen LogP contribution is -1.77. The van der Waals surface area contributed by atoms with E-state index in [1.807, 2.05) is 30.3 Å². The molecule has 2 nitrogen and oxygen atoms in total. The Morgan fingerprint density at radius 1 is 1.07 bits per heavy atom. The molecule has 0 saturated carbocycles. The summed E-state index contributed by atoms with van der Waals surface area (Å²) in [5.74, 6) is 0. The third-order valence-corrected chi connectivity index (χ3v) is 2.38. The highest BCUT2D eigenvalue weighted by molar-refractivity contribution is 5.82. The Bertz CT molecular complexity index is 584. The van der Waals surface area contributed by atoms with Crippen molar-refractivity contribution < 1.29 is 4.42 Å². The number of pyridine rings is 1. The van der Waals surface area contributed by atoms with Gasteiger partial charge in [-0.15, -0.1) is 0 Å². The average Bonchev–Trinajstić information content (AvgIpc) is 2.77. The maximum Gasteiger partial charge on any atom is 0.135 e. The predicted molar refractivity (Wildman–Crippen MR) is 58.3 cm³/mol. The lowest BCUT2D eigenvalue weighted by atomic mass is 10.1. The van der Waals surface area contributed by atoms with Crippen LogP contribution in [-0.2, 0) is 0 Å². The number of rotatable bonds is 1. The molecular formula is C13H8NO. The zero-order chi connectivity index (χ0) is 10.1. The van der Waals surface area contributed by atoms with Crippen molar-refractivity contribution in [1.82, 2.24) is 4.98 Å². The molecule has 0 aliphatic heterocycles. The Labute approximate surface area is 87.2 Å². The smallest absolute Gasteiger partial charge is 0.135 e. The summed E-state index contributed by atoms with van der Waals surface area (Å²) in [4.78, 5) is 3.99. The van der Waals surface area contributed by atoms with Gasteiger partial charge in [-0.25, -0.2) is 0 Å². The first-order valence-electron chi connectivity index (χ1n) is 4.73. The maximum absolute atomic E-state index is 5.33. The maximum atomic E-state index is 5.33. The van der Waals surface area contributed by atoms with Crippen molar-refractivity contribution >= 4 is 11.0 Å². The molecule has 71 valence electrons. The molecule has 15 heavy (non-hydrogen) atoms. The molecule has 3 rings (SSSR count). The monoisotopic (exact) mass is 194 g/mol. The van der Waals surface area contributed by atoms with E-state index in [9.17, 15) is 0 Å². The van der Waals surface area contributed by atoms with Gasteiger partial charge in [0.25, 0.3) is 0 Å². The highest BCUT2D eigenvalue weighted by Gasteiger charge is 2.01. The van der Waals surface area contributed by atoms with Gasteiger partial charge in [-0.1, -0.05) is 0 Å². The van der Waals surface area contributed by atoms with Gasteiger partial charge in [0.1, 0.15) is 5.58 Å². The Morgan fingerprint density at radius 3 is 2.80 bits per heavy atom. The van der Waals surface area contributed by atoms with Crippen LogP contribution < -0.4 is 0 Å². The summed E-state index contributed by atoms with van der Waals surface area (Å²) in [5.41, 5.74) is 3.09. The molecule has 3 aromatic rings. The molecular weight excluding hydrogens is 186 g/mol. The number of fused-ring (bicyclic) bond motifs is 1. The zero-order valence-electron chi connectivity index (χ0n) is 7.97. The van der Waals surface area contributed by atoms with E-state index in [2.05, 4.69) is 11.1 Å². The van der Waals surface area contributed by atoms with Gasteiger partial charge in [0.05, 0.1) is 6.26 Å². The lowest BCUT2D eigenvalue weighted by molar-refractivity contribution is 0.616. The highest BCUT2D eigenvalue weighted by atomic mass is 16.3. The highest BCUT2D eigenvalue weighted by Crippen LogP contribution is 2.23. The summed E-state index contributed by atoms with van der Waals surface area (Å²) in [5, 5.41) is 1.01. The van der Waals surface area contributed by atoms with E-state index in [0.717, 1.165) is 22.1 Å². The van der Waals surface area contributed by atoms with Gasteiger partial charge >= 0.3 is 0 Å². The van der Waals surface area contributed by atoms with E-state index in [1.54, 1.807) is 18.7 Å². The number of hydrogen-bond acceptors (Lipinski definition) is 2. The van der Waals surface area contributed by atoms with Crippen LogP contribution in [0.25, 0.3) is 22.1 Å². The molecule has 1 aromatic carbocycles. The van der Waals surface area contributed by atoms with Crippen molar-refractivity contribution in [2.75, 3.05) is 0 Å². The van der Waals surface area contributed by atoms with Crippen LogP contribution in [0.15, 0.2) is 53.4 Å². The summed E-state index contributed by atoms with van der Waals surface area (Å²) < 4.78 is 5.33. The topological polar surface area (TPSA) is 26.0 Å². The molecule has 0 atom stereocenters. The van der Waals surface area contributed by atoms with Crippen molar-refractivity contribution in [2.24, 2.45) is 0 Å². The van der Waals surface area contributed by atoms with Gasteiger partial charge in [-0.3, -0.25) is 4.98 Å². The number of benzene rings is 1. The Hall–Kier alpha value is -2.09. The second-order valence-corrected chi connectivity index (χ2v) is 3.32. The summed E-state index contributed by atoms with van der Waals surface area (Å²) in [7, 11) is 0. The van der Waals surface area contributed by atoms with E-state index >= 15 is 0 Å². The van der Waals surface area contributed by atoms with Gasteiger partial charge in [0, 0.05) is 17.8 Å². The summed E-state index contributed by atoms with van der Waals surface area (Å²) in [6.07, 6.45) is 5.24. The molecule has 2 heteroatoms. The Morgan fingerprint density at radius 2 is 1.93 bits per heavy atom. The van der Waals surface area contributed by atoms with Crippen LogP contribution in [0.5, 0.6) is 0 Å². The first kappa shape index (κ1) is 8.24. The molecule has 0 saturated heterocycles. The van der Waals surface area contributed by atoms with Crippen molar-refractivity contribution in [2.45, 2.75) is 0 Å². The number of furan rings is 1. The van der Waals surface area contributed by atoms with E-state index in [-0.39, 0.29) is 0 Å². The van der Waals surface area contributed by atoms with Crippen molar-refractivity contribution in [3.05, 3.63) is 55.1 Å². The molecule has 0 amide bonds. The van der Waals surface area contributed by atoms with Crippen molar-refractivity contribution in [3.63, 3.8) is 0 Å². The van der Waals surface area contributed by atoms with Crippen LogP contribution in [0.1, 0.15) is 0 Å². The molecule has 0 fully saturated rings. The second kappa shape index (κ2) is 3.24. The first-order chi connectivity index (χ1) is 7.43. The molecule has 2 aromatic heterocycles. The first-order valence-corrected chi connectivity index (χ1v) is 4.73. The van der Waals surface area contributed by atoms with Crippen LogP contribution in [0.2, 0.25) is 0 Å². The molecule has 2 heterocycles. The van der Waals surface area contributed by atoms with Gasteiger partial charge in [0.2, 0.25) is 0 Å². The third-order valence-electron chi connectivity index (χ3n) is 2.38. The van der Waals surface area contributed by atoms with Crippen LogP contribution in [0.3, 0.4) is 0 Å². The van der Waals surface area contributed by atoms with Crippen LogP contribution in [-0.4, -0.2) is 4.98 Å². The minimum absolute atomic E-state index is 0.865. The van der Waals surface area contributed by atoms with Gasteiger partial charge < -0.3 is 4.42 Å². The fourth-order valence-electron chi connectivity index (χ4n) is 1.60. The fourth-order valence-corrected chi connectivity index (χ4v) is 1.60.